The van der Waals surface area contributed by atoms with Crippen molar-refractivity contribution in [1.29, 1.82) is 0 Å². The molecule has 0 aliphatic carbocycles. The second kappa shape index (κ2) is 7.53. The number of carboxylic acid groups (broad SMARTS) is 1. The molecule has 118 valence electrons. The van der Waals surface area contributed by atoms with Crippen LogP contribution in [0.25, 0.3) is 0 Å². The van der Waals surface area contributed by atoms with Gasteiger partial charge in [0.15, 0.2) is 11.3 Å². The molecule has 0 saturated carbocycles. The molecule has 0 aromatic rings. The summed E-state index contributed by atoms with van der Waals surface area (Å²) >= 11 is 0. The van der Waals surface area contributed by atoms with Crippen molar-refractivity contribution in [3.05, 3.63) is 12.2 Å². The van der Waals surface area contributed by atoms with E-state index in [2.05, 4.69) is 5.32 Å². The van der Waals surface area contributed by atoms with Gasteiger partial charge in [0.1, 0.15) is 6.04 Å². The van der Waals surface area contributed by atoms with E-state index in [0.29, 0.717) is 6.42 Å². The molecule has 0 rings (SSSR count). The number of ketones is 1. The van der Waals surface area contributed by atoms with E-state index in [0.717, 1.165) is 19.1 Å². The number of hydrogen-bond acceptors (Lipinski definition) is 5. The largest absolute Gasteiger partial charge is 0.480 e. The molecule has 0 unspecified atom stereocenters. The minimum absolute atomic E-state index is 0.335. The lowest BCUT2D eigenvalue weighted by Gasteiger charge is -2.26. The van der Waals surface area contributed by atoms with Crippen molar-refractivity contribution in [1.82, 2.24) is 5.32 Å². The standard InChI is InChI=1S/C13H21N3O5/c1-4-7(2)10(11(19)20)16-12(21)13(3,15)8(17)5-6-9(14)18/h5-7,10H,4,15H2,1-3H3,(H2,14,18)(H,16,21)(H,19,20)/b6-5+/t7-,10-,13-/m0/s1. The SMILES string of the molecule is CC[C@H](C)[C@H](NC(=O)[C@@](C)(N)C(=O)/C=C/C(N)=O)C(=O)O. The monoisotopic (exact) mass is 299 g/mol. The summed E-state index contributed by atoms with van der Waals surface area (Å²) in [6, 6.07) is -1.15. The summed E-state index contributed by atoms with van der Waals surface area (Å²) in [5.74, 6) is -4.20. The third kappa shape index (κ3) is 5.35. The fourth-order valence-electron chi connectivity index (χ4n) is 1.42. The van der Waals surface area contributed by atoms with Crippen LogP contribution in [0.3, 0.4) is 0 Å². The molecule has 21 heavy (non-hydrogen) atoms. The van der Waals surface area contributed by atoms with Gasteiger partial charge in [0.05, 0.1) is 0 Å². The zero-order valence-corrected chi connectivity index (χ0v) is 12.3. The van der Waals surface area contributed by atoms with E-state index >= 15 is 0 Å². The number of carbonyl (C=O) groups excluding carboxylic acids is 3. The van der Waals surface area contributed by atoms with Gasteiger partial charge in [-0.15, -0.1) is 0 Å². The number of hydrogen-bond donors (Lipinski definition) is 4. The van der Waals surface area contributed by atoms with Gasteiger partial charge in [0.25, 0.3) is 0 Å². The van der Waals surface area contributed by atoms with E-state index in [9.17, 15) is 19.2 Å². The lowest BCUT2D eigenvalue weighted by atomic mass is 9.93. The van der Waals surface area contributed by atoms with E-state index in [1.807, 2.05) is 0 Å². The molecule has 0 aliphatic heterocycles. The van der Waals surface area contributed by atoms with E-state index in [1.54, 1.807) is 13.8 Å². The Morgan fingerprint density at radius 2 is 1.81 bits per heavy atom. The van der Waals surface area contributed by atoms with Gasteiger partial charge in [0, 0.05) is 6.08 Å². The van der Waals surface area contributed by atoms with Gasteiger partial charge < -0.3 is 21.9 Å². The van der Waals surface area contributed by atoms with Gasteiger partial charge in [-0.25, -0.2) is 4.79 Å². The molecular formula is C13H21N3O5. The zero-order chi connectivity index (χ0) is 16.8. The first kappa shape index (κ1) is 18.8. The molecule has 0 aliphatic rings. The number of rotatable bonds is 8. The van der Waals surface area contributed by atoms with Crippen molar-refractivity contribution in [2.45, 2.75) is 38.8 Å². The summed E-state index contributed by atoms with van der Waals surface area (Å²) in [7, 11) is 0. The van der Waals surface area contributed by atoms with Crippen molar-refractivity contribution in [3.63, 3.8) is 0 Å². The van der Waals surface area contributed by atoms with Gasteiger partial charge >= 0.3 is 5.97 Å². The van der Waals surface area contributed by atoms with E-state index in [4.69, 9.17) is 16.6 Å². The minimum Gasteiger partial charge on any atom is -0.480 e. The normalized spacial score (nSPS) is 16.8. The number of carboxylic acids is 1. The molecule has 0 fully saturated rings. The van der Waals surface area contributed by atoms with Gasteiger partial charge in [-0.05, 0) is 18.9 Å². The third-order valence-corrected chi connectivity index (χ3v) is 3.15. The first-order valence-corrected chi connectivity index (χ1v) is 6.38. The van der Waals surface area contributed by atoms with Crippen LogP contribution in [0.5, 0.6) is 0 Å². The van der Waals surface area contributed by atoms with Crippen molar-refractivity contribution in [2.75, 3.05) is 0 Å². The topological polar surface area (TPSA) is 153 Å². The Labute approximate surface area is 122 Å². The molecule has 0 heterocycles. The smallest absolute Gasteiger partial charge is 0.326 e. The second-order valence-electron chi connectivity index (χ2n) is 4.98. The Kier molecular flexibility index (Phi) is 6.74. The molecule has 8 nitrogen and oxygen atoms in total. The predicted molar refractivity (Wildman–Crippen MR) is 75.0 cm³/mol. The molecule has 0 radical (unpaired) electrons. The van der Waals surface area contributed by atoms with Crippen molar-refractivity contribution in [3.8, 4) is 0 Å². The molecule has 2 amide bonds. The number of carbonyl (C=O) groups is 4. The number of amides is 2. The Hall–Kier alpha value is -2.22. The van der Waals surface area contributed by atoms with Gasteiger partial charge in [-0.3, -0.25) is 14.4 Å². The summed E-state index contributed by atoms with van der Waals surface area (Å²) in [6.07, 6.45) is 2.10. The van der Waals surface area contributed by atoms with Gasteiger partial charge in [0.2, 0.25) is 11.8 Å². The van der Waals surface area contributed by atoms with Crippen molar-refractivity contribution in [2.24, 2.45) is 17.4 Å². The van der Waals surface area contributed by atoms with E-state index in [1.165, 1.54) is 0 Å². The lowest BCUT2D eigenvalue weighted by molar-refractivity contribution is -0.145. The minimum atomic E-state index is -1.99. The van der Waals surface area contributed by atoms with Crippen LogP contribution < -0.4 is 16.8 Å². The van der Waals surface area contributed by atoms with Crippen LogP contribution >= 0.6 is 0 Å². The number of primary amides is 1. The number of nitrogens with one attached hydrogen (secondary N) is 1. The molecule has 8 heteroatoms. The molecule has 6 N–H and O–H groups in total. The maximum atomic E-state index is 12.0. The molecule has 0 bridgehead atoms. The highest BCUT2D eigenvalue weighted by atomic mass is 16.4. The summed E-state index contributed by atoms with van der Waals surface area (Å²) in [4.78, 5) is 45.5. The van der Waals surface area contributed by atoms with Crippen LogP contribution in [0, 0.1) is 5.92 Å². The third-order valence-electron chi connectivity index (χ3n) is 3.15. The first-order chi connectivity index (χ1) is 9.53. The quantitative estimate of drug-likeness (QED) is 0.330. The fourth-order valence-corrected chi connectivity index (χ4v) is 1.42. The summed E-state index contributed by atoms with van der Waals surface area (Å²) in [6.45, 7) is 4.56. The maximum Gasteiger partial charge on any atom is 0.326 e. The Bertz CT molecular complexity index is 470. The average Bonchev–Trinajstić information content (AvgIpc) is 2.40. The highest BCUT2D eigenvalue weighted by Crippen LogP contribution is 2.10. The Morgan fingerprint density at radius 3 is 2.19 bits per heavy atom. The van der Waals surface area contributed by atoms with Crippen molar-refractivity contribution < 1.29 is 24.3 Å². The first-order valence-electron chi connectivity index (χ1n) is 6.38. The molecule has 0 aromatic carbocycles. The van der Waals surface area contributed by atoms with Crippen molar-refractivity contribution >= 4 is 23.6 Å². The van der Waals surface area contributed by atoms with Crippen LogP contribution in [-0.4, -0.2) is 40.3 Å². The molecule has 0 aromatic heterocycles. The summed E-state index contributed by atoms with van der Waals surface area (Å²) < 4.78 is 0. The van der Waals surface area contributed by atoms with Crippen LogP contribution in [-0.2, 0) is 19.2 Å². The number of nitrogens with two attached hydrogens (primary N) is 2. The van der Waals surface area contributed by atoms with Crippen LogP contribution in [0.2, 0.25) is 0 Å². The predicted octanol–water partition coefficient (Wildman–Crippen LogP) is -1.07. The van der Waals surface area contributed by atoms with Gasteiger partial charge in [-0.2, -0.15) is 0 Å². The van der Waals surface area contributed by atoms with Crippen LogP contribution in [0.15, 0.2) is 12.2 Å². The van der Waals surface area contributed by atoms with Crippen LogP contribution in [0.1, 0.15) is 27.2 Å². The average molecular weight is 299 g/mol. The second-order valence-corrected chi connectivity index (χ2v) is 4.98. The van der Waals surface area contributed by atoms with Crippen LogP contribution in [0.4, 0.5) is 0 Å². The fraction of sp³-hybridized carbons (Fsp3) is 0.538. The lowest BCUT2D eigenvalue weighted by Crippen LogP contribution is -2.60. The maximum absolute atomic E-state index is 12.0. The Balaban J connectivity index is 5.08. The summed E-state index contributed by atoms with van der Waals surface area (Å²) in [5, 5.41) is 11.3. The van der Waals surface area contributed by atoms with E-state index in [-0.39, 0.29) is 5.92 Å². The summed E-state index contributed by atoms with van der Waals surface area (Å²) in [5.41, 5.74) is 8.47. The number of aliphatic carboxylic acids is 1. The molecule has 3 atom stereocenters. The highest BCUT2D eigenvalue weighted by molar-refractivity contribution is 6.16. The van der Waals surface area contributed by atoms with E-state index < -0.39 is 35.1 Å². The molecule has 0 spiro atoms. The Morgan fingerprint density at radius 1 is 1.29 bits per heavy atom. The highest BCUT2D eigenvalue weighted by Gasteiger charge is 2.38. The molecular weight excluding hydrogens is 278 g/mol. The molecule has 0 saturated heterocycles. The zero-order valence-electron chi connectivity index (χ0n) is 12.3. The van der Waals surface area contributed by atoms with Gasteiger partial charge in [-0.1, -0.05) is 20.3 Å².